The summed E-state index contributed by atoms with van der Waals surface area (Å²) in [7, 11) is 1.79. The molecule has 1 aromatic carbocycles. The third kappa shape index (κ3) is 3.29. The smallest absolute Gasteiger partial charge is 0.258 e. The molecule has 0 atom stereocenters. The van der Waals surface area contributed by atoms with Crippen molar-refractivity contribution in [1.29, 1.82) is 0 Å². The van der Waals surface area contributed by atoms with Gasteiger partial charge in [0.05, 0.1) is 11.3 Å². The molecule has 0 bridgehead atoms. The van der Waals surface area contributed by atoms with Crippen LogP contribution in [0.2, 0.25) is 5.02 Å². The number of rotatable bonds is 4. The Morgan fingerprint density at radius 1 is 1.40 bits per heavy atom. The minimum atomic E-state index is -0.324. The summed E-state index contributed by atoms with van der Waals surface area (Å²) in [6, 6.07) is 4.62. The first kappa shape index (κ1) is 17.5. The van der Waals surface area contributed by atoms with Crippen LogP contribution in [0, 0.1) is 5.82 Å². The van der Waals surface area contributed by atoms with E-state index in [0.29, 0.717) is 54.2 Å². The number of aliphatic hydroxyl groups is 1. The minimum Gasteiger partial charge on any atom is -0.505 e. The second-order valence-corrected chi connectivity index (χ2v) is 6.69. The summed E-state index contributed by atoms with van der Waals surface area (Å²) in [5.41, 5.74) is 2.04. The van der Waals surface area contributed by atoms with Crippen molar-refractivity contribution in [3.63, 3.8) is 0 Å². The number of hydrogen-bond acceptors (Lipinski definition) is 3. The molecule has 1 amide bonds. The van der Waals surface area contributed by atoms with E-state index >= 15 is 0 Å². The summed E-state index contributed by atoms with van der Waals surface area (Å²) < 4.78 is 13.8. The highest BCUT2D eigenvalue weighted by atomic mass is 35.5. The fraction of sp³-hybridized carbons (Fsp3) is 0.316. The summed E-state index contributed by atoms with van der Waals surface area (Å²) in [6.45, 7) is 4.85. The van der Waals surface area contributed by atoms with E-state index in [4.69, 9.17) is 11.6 Å². The Kier molecular flexibility index (Phi) is 4.86. The minimum absolute atomic E-state index is 0.0631. The van der Waals surface area contributed by atoms with Gasteiger partial charge in [0, 0.05) is 36.9 Å². The molecule has 4 nitrogen and oxygen atoms in total. The van der Waals surface area contributed by atoms with Crippen LogP contribution < -0.4 is 0 Å². The third-order valence-corrected chi connectivity index (χ3v) is 5.03. The lowest BCUT2D eigenvalue weighted by Gasteiger charge is -2.35. The number of likely N-dealkylation sites (tertiary alicyclic amines) is 1. The first-order valence-electron chi connectivity index (χ1n) is 8.18. The Morgan fingerprint density at radius 3 is 2.88 bits per heavy atom. The quantitative estimate of drug-likeness (QED) is 0.886. The topological polar surface area (TPSA) is 43.8 Å². The van der Waals surface area contributed by atoms with Gasteiger partial charge in [0.1, 0.15) is 5.82 Å². The van der Waals surface area contributed by atoms with Gasteiger partial charge in [0.15, 0.2) is 5.76 Å². The lowest BCUT2D eigenvalue weighted by molar-refractivity contribution is -0.128. The number of halogens is 2. The predicted molar refractivity (Wildman–Crippen MR) is 95.6 cm³/mol. The molecular formula is C19H20ClFN2O2. The molecule has 2 heterocycles. The number of aliphatic hydroxyl groups excluding tert-OH is 1. The molecule has 1 aromatic rings. The molecule has 0 aliphatic carbocycles. The monoisotopic (exact) mass is 362 g/mol. The SMILES string of the molecule is C=C1C(O)=C2C(=O)N(CCCc3c(F)cccc3Cl)CCC2=CN1C. The van der Waals surface area contributed by atoms with Crippen molar-refractivity contribution in [1.82, 2.24) is 9.80 Å². The van der Waals surface area contributed by atoms with Crippen molar-refractivity contribution < 1.29 is 14.3 Å². The van der Waals surface area contributed by atoms with Crippen molar-refractivity contribution in [3.8, 4) is 0 Å². The van der Waals surface area contributed by atoms with Gasteiger partial charge in [0.25, 0.3) is 5.91 Å². The molecule has 2 aliphatic heterocycles. The highest BCUT2D eigenvalue weighted by Gasteiger charge is 2.33. The number of likely N-dealkylation sites (N-methyl/N-ethyl adjacent to an activating group) is 1. The van der Waals surface area contributed by atoms with E-state index in [1.165, 1.54) is 6.07 Å². The lowest BCUT2D eigenvalue weighted by Crippen LogP contribution is -2.41. The van der Waals surface area contributed by atoms with E-state index in [1.807, 2.05) is 6.20 Å². The van der Waals surface area contributed by atoms with Gasteiger partial charge in [-0.1, -0.05) is 24.2 Å². The molecule has 0 spiro atoms. The van der Waals surface area contributed by atoms with Crippen LogP contribution in [0.25, 0.3) is 0 Å². The van der Waals surface area contributed by atoms with Crippen molar-refractivity contribution >= 4 is 17.5 Å². The zero-order valence-corrected chi connectivity index (χ0v) is 14.8. The van der Waals surface area contributed by atoms with E-state index in [-0.39, 0.29) is 17.5 Å². The number of amides is 1. The van der Waals surface area contributed by atoms with Gasteiger partial charge in [-0.2, -0.15) is 0 Å². The molecule has 1 saturated heterocycles. The average molecular weight is 363 g/mol. The standard InChI is InChI=1S/C19H20ClFN2O2/c1-12-18(24)17-13(11-22(12)2)8-10-23(19(17)25)9-4-5-14-15(20)6-3-7-16(14)21/h3,6-7,11,24H,1,4-5,8-10H2,2H3. The maximum Gasteiger partial charge on any atom is 0.258 e. The van der Waals surface area contributed by atoms with Gasteiger partial charge in [-0.3, -0.25) is 4.79 Å². The molecular weight excluding hydrogens is 343 g/mol. The second kappa shape index (κ2) is 6.92. The molecule has 0 unspecified atom stereocenters. The van der Waals surface area contributed by atoms with Gasteiger partial charge in [-0.15, -0.1) is 0 Å². The number of piperidine rings is 1. The Bertz CT molecular complexity index is 780. The Morgan fingerprint density at radius 2 is 2.16 bits per heavy atom. The van der Waals surface area contributed by atoms with Crippen LogP contribution in [0.1, 0.15) is 18.4 Å². The fourth-order valence-corrected chi connectivity index (χ4v) is 3.47. The molecule has 6 heteroatoms. The average Bonchev–Trinajstić information content (AvgIpc) is 2.57. The maximum atomic E-state index is 13.8. The van der Waals surface area contributed by atoms with E-state index in [1.54, 1.807) is 29.0 Å². The predicted octanol–water partition coefficient (Wildman–Crippen LogP) is 3.80. The molecule has 1 N–H and O–H groups in total. The van der Waals surface area contributed by atoms with E-state index in [9.17, 15) is 14.3 Å². The summed E-state index contributed by atoms with van der Waals surface area (Å²) in [5, 5.41) is 10.7. The molecule has 0 radical (unpaired) electrons. The van der Waals surface area contributed by atoms with Crippen LogP contribution in [-0.4, -0.2) is 41.0 Å². The molecule has 1 fully saturated rings. The number of carbonyl (C=O) groups is 1. The number of nitrogens with zero attached hydrogens (tertiary/aromatic N) is 2. The van der Waals surface area contributed by atoms with Crippen LogP contribution in [0.5, 0.6) is 0 Å². The summed E-state index contributed by atoms with van der Waals surface area (Å²) in [4.78, 5) is 16.1. The summed E-state index contributed by atoms with van der Waals surface area (Å²) >= 11 is 6.04. The van der Waals surface area contributed by atoms with Gasteiger partial charge in [-0.05, 0) is 37.0 Å². The van der Waals surface area contributed by atoms with Gasteiger partial charge in [-0.25, -0.2) is 4.39 Å². The number of fused-ring (bicyclic) bond motifs is 1. The van der Waals surface area contributed by atoms with Gasteiger partial charge in [0.2, 0.25) is 0 Å². The lowest BCUT2D eigenvalue weighted by atomic mass is 9.93. The van der Waals surface area contributed by atoms with Crippen LogP contribution >= 0.6 is 11.6 Å². The van der Waals surface area contributed by atoms with Gasteiger partial charge >= 0.3 is 0 Å². The zero-order chi connectivity index (χ0) is 18.1. The molecule has 132 valence electrons. The van der Waals surface area contributed by atoms with E-state index in [0.717, 1.165) is 5.57 Å². The molecule has 0 aromatic heterocycles. The Labute approximate surface area is 151 Å². The number of carbonyl (C=O) groups excluding carboxylic acids is 1. The van der Waals surface area contributed by atoms with Crippen molar-refractivity contribution in [3.05, 3.63) is 70.0 Å². The highest BCUT2D eigenvalue weighted by molar-refractivity contribution is 6.31. The zero-order valence-electron chi connectivity index (χ0n) is 14.1. The second-order valence-electron chi connectivity index (χ2n) is 6.28. The molecule has 0 saturated carbocycles. The van der Waals surface area contributed by atoms with Crippen LogP contribution in [0.3, 0.4) is 0 Å². The molecule has 3 rings (SSSR count). The van der Waals surface area contributed by atoms with Crippen LogP contribution in [-0.2, 0) is 11.2 Å². The summed E-state index contributed by atoms with van der Waals surface area (Å²) in [6.07, 6.45) is 3.56. The number of hydrogen-bond donors (Lipinski definition) is 1. The molecule has 25 heavy (non-hydrogen) atoms. The van der Waals surface area contributed by atoms with Crippen LogP contribution in [0.4, 0.5) is 4.39 Å². The largest absolute Gasteiger partial charge is 0.505 e. The normalized spacial score (nSPS) is 17.8. The van der Waals surface area contributed by atoms with E-state index in [2.05, 4.69) is 6.58 Å². The van der Waals surface area contributed by atoms with Crippen molar-refractivity contribution in [2.24, 2.45) is 0 Å². The maximum absolute atomic E-state index is 13.8. The van der Waals surface area contributed by atoms with Crippen LogP contribution in [0.15, 0.2) is 53.6 Å². The number of benzene rings is 1. The highest BCUT2D eigenvalue weighted by Crippen LogP contribution is 2.33. The molecule has 2 aliphatic rings. The van der Waals surface area contributed by atoms with Crippen molar-refractivity contribution in [2.75, 3.05) is 20.1 Å². The summed E-state index contributed by atoms with van der Waals surface area (Å²) in [5.74, 6) is -0.592. The van der Waals surface area contributed by atoms with Crippen molar-refractivity contribution in [2.45, 2.75) is 19.3 Å². The van der Waals surface area contributed by atoms with E-state index < -0.39 is 0 Å². The Balaban J connectivity index is 1.68. The third-order valence-electron chi connectivity index (χ3n) is 4.68. The van der Waals surface area contributed by atoms with Gasteiger partial charge < -0.3 is 14.9 Å². The Hall–Kier alpha value is -2.27. The fourth-order valence-electron chi connectivity index (χ4n) is 3.21. The first-order chi connectivity index (χ1) is 11.9. The first-order valence-corrected chi connectivity index (χ1v) is 8.56.